The van der Waals surface area contributed by atoms with Crippen molar-refractivity contribution in [2.75, 3.05) is 5.32 Å². The summed E-state index contributed by atoms with van der Waals surface area (Å²) in [5.74, 6) is -1.66. The first kappa shape index (κ1) is 55.9. The fraction of sp³-hybridized carbons (Fsp3) is 0.385. The number of benzene rings is 4. The molecule has 2 aromatic heterocycles. The van der Waals surface area contributed by atoms with Crippen molar-refractivity contribution in [1.82, 2.24) is 19.4 Å². The van der Waals surface area contributed by atoms with Crippen LogP contribution in [0, 0.1) is 13.8 Å². The maximum absolute atomic E-state index is 13.6. The molecule has 10 rings (SSSR count). The van der Waals surface area contributed by atoms with Crippen LogP contribution in [0.4, 0.5) is 22.7 Å². The molecule has 2 fully saturated rings. The lowest BCUT2D eigenvalue weighted by atomic mass is 9.92. The average Bonchev–Trinajstić information content (AvgIpc) is 4.24. The summed E-state index contributed by atoms with van der Waals surface area (Å²) in [6.07, 6.45) is -6.01. The van der Waals surface area contributed by atoms with Gasteiger partial charge in [-0.1, -0.05) is 83.1 Å². The number of aryl methyl sites for hydroxylation is 2. The van der Waals surface area contributed by atoms with E-state index in [1.54, 1.807) is 24.3 Å². The topological polar surface area (TPSA) is 205 Å². The van der Waals surface area contributed by atoms with Gasteiger partial charge in [-0.15, -0.1) is 38.3 Å². The molecule has 4 aliphatic rings. The number of hydrogen-bond acceptors (Lipinski definition) is 14. The highest BCUT2D eigenvalue weighted by Gasteiger charge is 2.63. The summed E-state index contributed by atoms with van der Waals surface area (Å²) < 4.78 is 104. The zero-order valence-corrected chi connectivity index (χ0v) is 46.9. The number of hydrogen-bond donors (Lipinski definition) is 4. The predicted molar refractivity (Wildman–Crippen MR) is 285 cm³/mol. The molecule has 0 saturated heterocycles. The van der Waals surface area contributed by atoms with Gasteiger partial charge in [0.2, 0.25) is 11.8 Å². The molecule has 0 radical (unpaired) electrons. The van der Waals surface area contributed by atoms with Crippen molar-refractivity contribution in [2.45, 2.75) is 126 Å². The fourth-order valence-electron chi connectivity index (χ4n) is 8.84. The number of halogens is 6. The van der Waals surface area contributed by atoms with Crippen LogP contribution in [0.5, 0.6) is 23.0 Å². The number of carbonyl (C=O) groups is 2. The van der Waals surface area contributed by atoms with Gasteiger partial charge in [-0.25, -0.2) is 9.97 Å². The molecule has 2 amide bonds. The second-order valence-electron chi connectivity index (χ2n) is 20.7. The maximum atomic E-state index is 13.6. The van der Waals surface area contributed by atoms with E-state index in [0.29, 0.717) is 62.0 Å². The molecule has 5 unspecified atom stereocenters. The summed E-state index contributed by atoms with van der Waals surface area (Å²) >= 11 is 12.9. The molecule has 0 spiro atoms. The lowest BCUT2D eigenvalue weighted by Gasteiger charge is -2.28. The first-order valence-electron chi connectivity index (χ1n) is 23.7. The first-order valence-corrected chi connectivity index (χ1v) is 28.4. The standard InChI is InChI=1S/2C26H26ClF2N3O4S2/c1-13-21(20(32-38(34)24(2,3)4)15-7-5-6-8-17(15)27)37-22(31-13)16-12-25(16,23(30)33)14-9-10-18-19(11-14)36-26(28,29)35-18;1-14-21(20(32-38(34)24(2,3)4)16-7-5-6-8-17(16)27)37-23(30-14)31-22(33)25(11-12-25)15-9-10-18-19(13-15)36-26(28,29)35-18/h5-11,16,20,32H,12H2,1-4H3,(H2,30,33);5-10,13,20,32H,11-12H2,1-4H3,(H,30,31,33)/t;20-,38?/m.0/s1. The summed E-state index contributed by atoms with van der Waals surface area (Å²) in [4.78, 5) is 37.1. The van der Waals surface area contributed by atoms with Crippen LogP contribution in [0.3, 0.4) is 0 Å². The molecule has 5 N–H and O–H groups in total. The van der Waals surface area contributed by atoms with Crippen LogP contribution in [0.2, 0.25) is 10.0 Å². The van der Waals surface area contributed by atoms with Crippen LogP contribution in [0.1, 0.15) is 127 Å². The predicted octanol–water partition coefficient (Wildman–Crippen LogP) is 11.7. The van der Waals surface area contributed by atoms with E-state index in [4.69, 9.17) is 33.9 Å². The van der Waals surface area contributed by atoms with Gasteiger partial charge in [-0.2, -0.15) is 0 Å². The van der Waals surface area contributed by atoms with Gasteiger partial charge in [0.25, 0.3) is 0 Å². The van der Waals surface area contributed by atoms with Gasteiger partial charge in [0, 0.05) is 38.7 Å². The van der Waals surface area contributed by atoms with Crippen molar-refractivity contribution in [3.05, 3.63) is 143 Å². The van der Waals surface area contributed by atoms with E-state index in [1.807, 2.05) is 91.8 Å². The number of alkyl halides is 4. The summed E-state index contributed by atoms with van der Waals surface area (Å²) in [6, 6.07) is 22.3. The molecule has 0 bridgehead atoms. The lowest BCUT2D eigenvalue weighted by molar-refractivity contribution is -0.287. The second-order valence-corrected chi connectivity index (χ2v) is 27.6. The summed E-state index contributed by atoms with van der Waals surface area (Å²) in [5.41, 5.74) is 7.74. The van der Waals surface area contributed by atoms with E-state index in [1.165, 1.54) is 46.9 Å². The Balaban J connectivity index is 0.000000186. The van der Waals surface area contributed by atoms with Gasteiger partial charge in [0.05, 0.1) is 37.0 Å². The number of aromatic nitrogens is 2. The van der Waals surface area contributed by atoms with Crippen molar-refractivity contribution < 1.29 is 55.2 Å². The Labute approximate surface area is 460 Å². The molecule has 404 valence electrons. The van der Waals surface area contributed by atoms with Gasteiger partial charge < -0.3 is 39.1 Å². The fourth-order valence-corrected chi connectivity index (χ4v) is 13.5. The van der Waals surface area contributed by atoms with Gasteiger partial charge in [0.1, 0.15) is 21.6 Å². The highest BCUT2D eigenvalue weighted by molar-refractivity contribution is 7.91. The number of anilines is 1. The molecule has 14 nitrogen and oxygen atoms in total. The largest absolute Gasteiger partial charge is 0.598 e. The molecule has 4 heterocycles. The minimum absolute atomic E-state index is 0.0686. The van der Waals surface area contributed by atoms with Crippen molar-refractivity contribution in [3.8, 4) is 23.0 Å². The van der Waals surface area contributed by atoms with Crippen LogP contribution >= 0.6 is 45.9 Å². The number of ether oxygens (including phenoxy) is 4. The number of amides is 2. The Kier molecular flexibility index (Phi) is 15.0. The number of primary amides is 1. The van der Waals surface area contributed by atoms with Crippen LogP contribution < -0.4 is 39.4 Å². The number of nitrogens with one attached hydrogen (secondary N) is 3. The van der Waals surface area contributed by atoms with Gasteiger partial charge in [-0.05, 0) is 133 Å². The average molecular weight is 1160 g/mol. The van der Waals surface area contributed by atoms with E-state index in [-0.39, 0.29) is 34.8 Å². The Hall–Kier alpha value is -4.88. The third-order valence-corrected chi connectivity index (χ3v) is 19.5. The minimum atomic E-state index is -3.76. The minimum Gasteiger partial charge on any atom is -0.598 e. The zero-order valence-electron chi connectivity index (χ0n) is 42.1. The van der Waals surface area contributed by atoms with Crippen LogP contribution in [-0.4, -0.2) is 53.0 Å². The van der Waals surface area contributed by atoms with Crippen molar-refractivity contribution in [1.29, 1.82) is 0 Å². The Morgan fingerprint density at radius 3 is 1.62 bits per heavy atom. The monoisotopic (exact) mass is 1160 g/mol. The number of nitrogens with two attached hydrogens (primary N) is 1. The lowest BCUT2D eigenvalue weighted by Crippen LogP contribution is -2.41. The van der Waals surface area contributed by atoms with E-state index in [2.05, 4.69) is 38.7 Å². The third-order valence-electron chi connectivity index (χ3n) is 13.2. The Morgan fingerprint density at radius 1 is 0.697 bits per heavy atom. The molecule has 4 aromatic carbocycles. The number of nitrogens with zero attached hydrogens (tertiary/aromatic N) is 2. The van der Waals surface area contributed by atoms with Crippen LogP contribution in [-0.2, 0) is 43.1 Å². The number of rotatable bonds is 14. The smallest absolute Gasteiger partial charge is 0.586 e. The molecular formula is C52H52Cl2F4N6O8S4. The van der Waals surface area contributed by atoms with Gasteiger partial charge in [0.15, 0.2) is 28.1 Å². The van der Waals surface area contributed by atoms with Crippen LogP contribution in [0.25, 0.3) is 0 Å². The molecule has 6 aromatic rings. The third kappa shape index (κ3) is 11.2. The van der Waals surface area contributed by atoms with Gasteiger partial charge in [-0.3, -0.25) is 9.59 Å². The molecule has 2 aliphatic carbocycles. The number of thiazole rings is 2. The normalized spacial score (nSPS) is 20.9. The SMILES string of the molecule is Cc1nc(C2CC2(C(N)=O)c2ccc3c(c2)OC(F)(F)O3)sc1C(N[S+]([O-])C(C)(C)C)c1ccccc1Cl.Cc1nc(NC(=O)C2(c3ccc4c(c3)OC(F)(F)O4)CC2)sc1[C@@H](N[S+]([O-])C(C)(C)C)c1ccccc1Cl. The first-order chi connectivity index (χ1) is 35.5. The molecule has 76 heavy (non-hydrogen) atoms. The number of fused-ring (bicyclic) bond motifs is 2. The van der Waals surface area contributed by atoms with Crippen molar-refractivity contribution in [3.63, 3.8) is 0 Å². The Morgan fingerprint density at radius 2 is 1.14 bits per heavy atom. The molecular weight excluding hydrogens is 1110 g/mol. The summed E-state index contributed by atoms with van der Waals surface area (Å²) in [6.45, 7) is 14.9. The van der Waals surface area contributed by atoms with E-state index >= 15 is 0 Å². The van der Waals surface area contributed by atoms with E-state index in [9.17, 15) is 36.3 Å². The van der Waals surface area contributed by atoms with Gasteiger partial charge >= 0.3 is 12.6 Å². The van der Waals surface area contributed by atoms with Crippen molar-refractivity contribution >= 4 is 85.5 Å². The number of carbonyl (C=O) groups excluding carboxylic acids is 2. The molecule has 24 heteroatoms. The van der Waals surface area contributed by atoms with E-state index < -0.39 is 73.6 Å². The quantitative estimate of drug-likeness (QED) is 0.0594. The zero-order chi connectivity index (χ0) is 55.1. The highest BCUT2D eigenvalue weighted by atomic mass is 35.5. The maximum Gasteiger partial charge on any atom is 0.586 e. The molecule has 2 saturated carbocycles. The van der Waals surface area contributed by atoms with Crippen molar-refractivity contribution in [2.24, 2.45) is 5.73 Å². The summed E-state index contributed by atoms with van der Waals surface area (Å²) in [7, 11) is 0. The second kappa shape index (κ2) is 20.4. The Bertz CT molecular complexity index is 3220. The highest BCUT2D eigenvalue weighted by Crippen LogP contribution is 2.63. The molecule has 6 atom stereocenters. The molecule has 2 aliphatic heterocycles. The van der Waals surface area contributed by atoms with Crippen LogP contribution in [0.15, 0.2) is 84.9 Å². The van der Waals surface area contributed by atoms with E-state index in [0.717, 1.165) is 20.9 Å². The summed E-state index contributed by atoms with van der Waals surface area (Å²) in [5, 5.41) is 4.97.